The summed E-state index contributed by atoms with van der Waals surface area (Å²) in [5.74, 6) is 2.33. The van der Waals surface area contributed by atoms with Crippen molar-refractivity contribution in [2.24, 2.45) is 5.92 Å². The number of nitrogens with zero attached hydrogens (tertiary/aromatic N) is 4. The fourth-order valence-electron chi connectivity index (χ4n) is 3.69. The molecule has 3 aromatic rings. The summed E-state index contributed by atoms with van der Waals surface area (Å²) in [4.78, 5) is 6.89. The first-order valence-electron chi connectivity index (χ1n) is 10.3. The van der Waals surface area contributed by atoms with Crippen LogP contribution < -0.4 is 9.47 Å². The first-order chi connectivity index (χ1) is 13.8. The number of hydrogen-bond donors (Lipinski definition) is 0. The van der Waals surface area contributed by atoms with E-state index in [1.807, 2.05) is 35.0 Å². The maximum Gasteiger partial charge on any atom is 0.232 e. The SMILES string of the molecule is CCN1CCC(Oc2ccc3ncc(-c4ccc(OCC5CC5)cc4)n3n2)C1. The molecule has 6 heteroatoms. The molecule has 1 saturated heterocycles. The molecule has 0 N–H and O–H groups in total. The molecular weight excluding hydrogens is 352 g/mol. The molecule has 2 fully saturated rings. The highest BCUT2D eigenvalue weighted by molar-refractivity contribution is 5.63. The number of aromatic nitrogens is 3. The van der Waals surface area contributed by atoms with E-state index in [1.165, 1.54) is 12.8 Å². The molecular formula is C22H26N4O2. The lowest BCUT2D eigenvalue weighted by Crippen LogP contribution is -2.24. The predicted molar refractivity (Wildman–Crippen MR) is 108 cm³/mol. The minimum absolute atomic E-state index is 0.208. The lowest BCUT2D eigenvalue weighted by atomic mass is 10.1. The van der Waals surface area contributed by atoms with Crippen LogP contribution in [0.3, 0.4) is 0 Å². The van der Waals surface area contributed by atoms with Crippen molar-refractivity contribution >= 4 is 5.65 Å². The molecule has 1 aliphatic heterocycles. The smallest absolute Gasteiger partial charge is 0.232 e. The summed E-state index contributed by atoms with van der Waals surface area (Å²) in [6.45, 7) is 6.14. The van der Waals surface area contributed by atoms with Gasteiger partial charge in [-0.15, -0.1) is 5.10 Å². The molecule has 1 aliphatic carbocycles. The van der Waals surface area contributed by atoms with Crippen LogP contribution in [-0.4, -0.2) is 51.8 Å². The molecule has 0 bridgehead atoms. The van der Waals surface area contributed by atoms with Crippen LogP contribution in [0.1, 0.15) is 26.2 Å². The van der Waals surface area contributed by atoms with Crippen LogP contribution in [0.2, 0.25) is 0 Å². The number of likely N-dealkylation sites (tertiary alicyclic amines) is 1. The van der Waals surface area contributed by atoms with Crippen LogP contribution >= 0.6 is 0 Å². The summed E-state index contributed by atoms with van der Waals surface area (Å²) < 4.78 is 13.8. The monoisotopic (exact) mass is 378 g/mol. The van der Waals surface area contributed by atoms with Crippen LogP contribution in [0, 0.1) is 5.92 Å². The van der Waals surface area contributed by atoms with E-state index >= 15 is 0 Å². The van der Waals surface area contributed by atoms with Gasteiger partial charge in [0.05, 0.1) is 18.5 Å². The van der Waals surface area contributed by atoms with Gasteiger partial charge in [-0.2, -0.15) is 0 Å². The van der Waals surface area contributed by atoms with E-state index < -0.39 is 0 Å². The normalized spacial score (nSPS) is 20.0. The fraction of sp³-hybridized carbons (Fsp3) is 0.455. The fourth-order valence-corrected chi connectivity index (χ4v) is 3.69. The topological polar surface area (TPSA) is 51.9 Å². The van der Waals surface area contributed by atoms with Crippen LogP contribution in [0.5, 0.6) is 11.6 Å². The van der Waals surface area contributed by atoms with Crippen LogP contribution in [-0.2, 0) is 0 Å². The Morgan fingerprint density at radius 2 is 1.93 bits per heavy atom. The van der Waals surface area contributed by atoms with Crippen molar-refractivity contribution in [1.29, 1.82) is 0 Å². The number of hydrogen-bond acceptors (Lipinski definition) is 5. The minimum Gasteiger partial charge on any atom is -0.493 e. The first-order valence-corrected chi connectivity index (χ1v) is 10.3. The summed E-state index contributed by atoms with van der Waals surface area (Å²) in [7, 11) is 0. The molecule has 3 heterocycles. The van der Waals surface area contributed by atoms with Gasteiger partial charge in [-0.1, -0.05) is 6.92 Å². The minimum atomic E-state index is 0.208. The van der Waals surface area contributed by atoms with E-state index in [-0.39, 0.29) is 6.10 Å². The van der Waals surface area contributed by atoms with Crippen molar-refractivity contribution in [3.63, 3.8) is 0 Å². The van der Waals surface area contributed by atoms with Gasteiger partial charge in [0.15, 0.2) is 5.65 Å². The summed E-state index contributed by atoms with van der Waals surface area (Å²) in [6.07, 6.45) is 5.72. The maximum absolute atomic E-state index is 6.13. The molecule has 0 radical (unpaired) electrons. The predicted octanol–water partition coefficient (Wildman–Crippen LogP) is 3.66. The Balaban J connectivity index is 1.34. The molecule has 6 nitrogen and oxygen atoms in total. The Morgan fingerprint density at radius 3 is 2.68 bits per heavy atom. The van der Waals surface area contributed by atoms with Gasteiger partial charge in [0.1, 0.15) is 11.9 Å². The zero-order chi connectivity index (χ0) is 18.9. The second kappa shape index (κ2) is 7.43. The average molecular weight is 378 g/mol. The standard InChI is InChI=1S/C22H26N4O2/c1-2-25-12-11-19(14-25)28-22-10-9-21-23-13-20(26(21)24-22)17-5-7-18(8-6-17)27-15-16-3-4-16/h5-10,13,16,19H,2-4,11-12,14-15H2,1H3. The number of rotatable bonds is 7. The third-order valence-corrected chi connectivity index (χ3v) is 5.63. The second-order valence-electron chi connectivity index (χ2n) is 7.79. The Kier molecular flexibility index (Phi) is 4.64. The Hall–Kier alpha value is -2.60. The van der Waals surface area contributed by atoms with E-state index in [4.69, 9.17) is 14.6 Å². The van der Waals surface area contributed by atoms with Crippen LogP contribution in [0.4, 0.5) is 0 Å². The molecule has 1 unspecified atom stereocenters. The number of ether oxygens (including phenoxy) is 2. The summed E-state index contributed by atoms with van der Waals surface area (Å²) in [5, 5.41) is 4.70. The van der Waals surface area contributed by atoms with Gasteiger partial charge in [0, 0.05) is 24.7 Å². The van der Waals surface area contributed by atoms with Gasteiger partial charge in [-0.05, 0) is 62.1 Å². The molecule has 2 aromatic heterocycles. The van der Waals surface area contributed by atoms with Gasteiger partial charge in [0.25, 0.3) is 0 Å². The molecule has 2 aliphatic rings. The summed E-state index contributed by atoms with van der Waals surface area (Å²) in [5.41, 5.74) is 2.84. The van der Waals surface area contributed by atoms with Crippen LogP contribution in [0.15, 0.2) is 42.6 Å². The van der Waals surface area contributed by atoms with Gasteiger partial charge in [-0.3, -0.25) is 4.90 Å². The molecule has 1 atom stereocenters. The van der Waals surface area contributed by atoms with Crippen molar-refractivity contribution in [3.05, 3.63) is 42.6 Å². The summed E-state index contributed by atoms with van der Waals surface area (Å²) in [6, 6.07) is 12.1. The highest BCUT2D eigenvalue weighted by Crippen LogP contribution is 2.30. The van der Waals surface area contributed by atoms with Gasteiger partial charge >= 0.3 is 0 Å². The second-order valence-corrected chi connectivity index (χ2v) is 7.79. The van der Waals surface area contributed by atoms with E-state index in [0.29, 0.717) is 5.88 Å². The third kappa shape index (κ3) is 3.69. The zero-order valence-corrected chi connectivity index (χ0v) is 16.3. The maximum atomic E-state index is 6.13. The quantitative estimate of drug-likeness (QED) is 0.628. The van der Waals surface area contributed by atoms with Crippen molar-refractivity contribution < 1.29 is 9.47 Å². The molecule has 28 heavy (non-hydrogen) atoms. The van der Waals surface area contributed by atoms with E-state index in [2.05, 4.69) is 28.9 Å². The highest BCUT2D eigenvalue weighted by Gasteiger charge is 2.23. The molecule has 0 spiro atoms. The Bertz CT molecular complexity index is 949. The van der Waals surface area contributed by atoms with Crippen LogP contribution in [0.25, 0.3) is 16.9 Å². The summed E-state index contributed by atoms with van der Waals surface area (Å²) >= 11 is 0. The largest absolute Gasteiger partial charge is 0.493 e. The number of imidazole rings is 1. The van der Waals surface area contributed by atoms with Crippen molar-refractivity contribution in [3.8, 4) is 22.9 Å². The molecule has 0 amide bonds. The molecule has 1 aromatic carbocycles. The zero-order valence-electron chi connectivity index (χ0n) is 16.3. The number of likely N-dealkylation sites (N-methyl/N-ethyl adjacent to an activating group) is 1. The molecule has 146 valence electrons. The lowest BCUT2D eigenvalue weighted by molar-refractivity contribution is 0.192. The Labute approximate surface area is 165 Å². The van der Waals surface area contributed by atoms with Gasteiger partial charge in [-0.25, -0.2) is 9.50 Å². The molecule has 5 rings (SSSR count). The number of benzene rings is 1. The highest BCUT2D eigenvalue weighted by atomic mass is 16.5. The lowest BCUT2D eigenvalue weighted by Gasteiger charge is -2.14. The number of fused-ring (bicyclic) bond motifs is 1. The van der Waals surface area contributed by atoms with E-state index in [0.717, 1.165) is 61.2 Å². The van der Waals surface area contributed by atoms with E-state index in [9.17, 15) is 0 Å². The van der Waals surface area contributed by atoms with Gasteiger partial charge in [0.2, 0.25) is 5.88 Å². The van der Waals surface area contributed by atoms with Crippen molar-refractivity contribution in [2.45, 2.75) is 32.3 Å². The van der Waals surface area contributed by atoms with Gasteiger partial charge < -0.3 is 9.47 Å². The third-order valence-electron chi connectivity index (χ3n) is 5.63. The van der Waals surface area contributed by atoms with E-state index in [1.54, 1.807) is 0 Å². The average Bonchev–Trinajstić information content (AvgIpc) is 3.29. The molecule has 1 saturated carbocycles. The first kappa shape index (κ1) is 17.5. The van der Waals surface area contributed by atoms with Crippen molar-refractivity contribution in [2.75, 3.05) is 26.2 Å². The Morgan fingerprint density at radius 1 is 1.07 bits per heavy atom. The van der Waals surface area contributed by atoms with Crippen molar-refractivity contribution in [1.82, 2.24) is 19.5 Å².